The number of morpholine rings is 1. The Labute approximate surface area is 171 Å². The number of carbonyl (C=O) groups excluding carboxylic acids is 1. The maximum absolute atomic E-state index is 13.3. The average Bonchev–Trinajstić information content (AvgIpc) is 3.22. The van der Waals surface area contributed by atoms with E-state index in [-0.39, 0.29) is 17.3 Å². The predicted octanol–water partition coefficient (Wildman–Crippen LogP) is 0.133. The Kier molecular flexibility index (Phi) is 5.96. The number of hydrogen-bond acceptors (Lipinski definition) is 4. The van der Waals surface area contributed by atoms with Gasteiger partial charge in [0.15, 0.2) is 6.54 Å². The molecule has 0 unspecified atom stereocenters. The lowest BCUT2D eigenvalue weighted by atomic mass is 10.1. The van der Waals surface area contributed by atoms with Crippen molar-refractivity contribution in [1.29, 1.82) is 0 Å². The molecule has 154 valence electrons. The molecular weight excluding hydrogens is 390 g/mol. The molecule has 0 saturated carbocycles. The highest BCUT2D eigenvalue weighted by Crippen LogP contribution is 2.34. The minimum absolute atomic E-state index is 0.0264. The van der Waals surface area contributed by atoms with E-state index in [9.17, 15) is 13.2 Å². The summed E-state index contributed by atoms with van der Waals surface area (Å²) in [6.45, 7) is 3.91. The van der Waals surface area contributed by atoms with Crippen LogP contribution >= 0.6 is 0 Å². The molecule has 1 amide bonds. The molecule has 2 aliphatic rings. The third kappa shape index (κ3) is 4.20. The summed E-state index contributed by atoms with van der Waals surface area (Å²) >= 11 is 0. The summed E-state index contributed by atoms with van der Waals surface area (Å²) in [5, 5.41) is 0. The number of nitrogens with zero attached hydrogens (tertiary/aromatic N) is 2. The number of ether oxygens (including phenoxy) is 1. The van der Waals surface area contributed by atoms with Gasteiger partial charge in [-0.05, 0) is 17.7 Å². The number of benzene rings is 2. The van der Waals surface area contributed by atoms with Crippen LogP contribution in [0.3, 0.4) is 0 Å². The molecule has 2 heterocycles. The number of sulfonamides is 1. The van der Waals surface area contributed by atoms with Gasteiger partial charge in [-0.15, -0.1) is 0 Å². The average molecular weight is 417 g/mol. The molecule has 0 spiro atoms. The third-order valence-corrected chi connectivity index (χ3v) is 7.37. The van der Waals surface area contributed by atoms with Crippen LogP contribution in [0.1, 0.15) is 11.7 Å². The molecule has 4 rings (SSSR count). The molecule has 2 aliphatic heterocycles. The van der Waals surface area contributed by atoms with Crippen LogP contribution in [0.25, 0.3) is 0 Å². The molecule has 2 saturated heterocycles. The zero-order valence-corrected chi connectivity index (χ0v) is 17.1. The fourth-order valence-corrected chi connectivity index (χ4v) is 5.56. The Bertz CT molecular complexity index is 931. The molecule has 1 N–H and O–H groups in total. The fraction of sp³-hybridized carbons (Fsp3) is 0.381. The molecule has 29 heavy (non-hydrogen) atoms. The molecule has 0 bridgehead atoms. The van der Waals surface area contributed by atoms with Crippen LogP contribution in [0, 0.1) is 0 Å². The van der Waals surface area contributed by atoms with Crippen molar-refractivity contribution < 1.29 is 22.8 Å². The second-order valence-corrected chi connectivity index (χ2v) is 9.23. The largest absolute Gasteiger partial charge is 0.370 e. The fourth-order valence-electron chi connectivity index (χ4n) is 3.97. The number of rotatable bonds is 5. The van der Waals surface area contributed by atoms with Gasteiger partial charge in [0.25, 0.3) is 5.91 Å². The van der Waals surface area contributed by atoms with Crippen molar-refractivity contribution in [2.75, 3.05) is 45.9 Å². The lowest BCUT2D eigenvalue weighted by Crippen LogP contribution is -3.15. The molecule has 0 radical (unpaired) electrons. The second kappa shape index (κ2) is 8.62. The first-order valence-corrected chi connectivity index (χ1v) is 11.3. The lowest BCUT2D eigenvalue weighted by molar-refractivity contribution is -0.900. The number of quaternary nitrogens is 1. The zero-order chi connectivity index (χ0) is 20.3. The minimum atomic E-state index is -3.72. The van der Waals surface area contributed by atoms with Gasteiger partial charge in [0, 0.05) is 13.1 Å². The highest BCUT2D eigenvalue weighted by Gasteiger charge is 2.43. The van der Waals surface area contributed by atoms with Gasteiger partial charge in [-0.2, -0.15) is 4.31 Å². The summed E-state index contributed by atoms with van der Waals surface area (Å²) in [5.41, 5.74) is 0.801. The Balaban J connectivity index is 1.63. The Morgan fingerprint density at radius 1 is 0.966 bits per heavy atom. The molecule has 1 atom stereocenters. The highest BCUT2D eigenvalue weighted by molar-refractivity contribution is 7.89. The van der Waals surface area contributed by atoms with Crippen LogP contribution in [0.2, 0.25) is 0 Å². The quantitative estimate of drug-likeness (QED) is 0.753. The third-order valence-electron chi connectivity index (χ3n) is 5.50. The maximum Gasteiger partial charge on any atom is 0.279 e. The first-order chi connectivity index (χ1) is 14.1. The van der Waals surface area contributed by atoms with Crippen molar-refractivity contribution in [2.24, 2.45) is 0 Å². The van der Waals surface area contributed by atoms with E-state index in [4.69, 9.17) is 4.74 Å². The molecule has 0 aromatic heterocycles. The Morgan fingerprint density at radius 2 is 1.59 bits per heavy atom. The maximum atomic E-state index is 13.3. The summed E-state index contributed by atoms with van der Waals surface area (Å²) in [5.74, 6) is -0.0264. The molecule has 2 fully saturated rings. The van der Waals surface area contributed by atoms with Crippen molar-refractivity contribution in [3.63, 3.8) is 0 Å². The monoisotopic (exact) mass is 416 g/mol. The topological polar surface area (TPSA) is 71.4 Å². The van der Waals surface area contributed by atoms with Gasteiger partial charge in [0.05, 0.1) is 18.1 Å². The van der Waals surface area contributed by atoms with E-state index >= 15 is 0 Å². The smallest absolute Gasteiger partial charge is 0.279 e. The van der Waals surface area contributed by atoms with Gasteiger partial charge < -0.3 is 14.5 Å². The number of amides is 1. The van der Waals surface area contributed by atoms with E-state index < -0.39 is 16.2 Å². The summed E-state index contributed by atoms with van der Waals surface area (Å²) in [7, 11) is -3.72. The summed E-state index contributed by atoms with van der Waals surface area (Å²) < 4.78 is 33.5. The van der Waals surface area contributed by atoms with Gasteiger partial charge in [-0.3, -0.25) is 4.79 Å². The van der Waals surface area contributed by atoms with Gasteiger partial charge in [0.2, 0.25) is 10.0 Å². The van der Waals surface area contributed by atoms with Crippen molar-refractivity contribution in [3.8, 4) is 0 Å². The number of hydrogen-bond donors (Lipinski definition) is 1. The normalized spacial score (nSPS) is 21.4. The second-order valence-electron chi connectivity index (χ2n) is 7.34. The van der Waals surface area contributed by atoms with Gasteiger partial charge in [-0.25, -0.2) is 8.42 Å². The molecule has 2 aromatic carbocycles. The van der Waals surface area contributed by atoms with E-state index in [0.717, 1.165) is 18.7 Å². The number of nitrogens with one attached hydrogen (secondary N) is 1. The van der Waals surface area contributed by atoms with E-state index in [1.165, 1.54) is 9.21 Å². The van der Waals surface area contributed by atoms with Crippen LogP contribution in [0.4, 0.5) is 0 Å². The van der Waals surface area contributed by atoms with Crippen LogP contribution in [-0.4, -0.2) is 69.5 Å². The highest BCUT2D eigenvalue weighted by atomic mass is 32.2. The van der Waals surface area contributed by atoms with Gasteiger partial charge >= 0.3 is 0 Å². The number of carbonyl (C=O) groups is 1. The van der Waals surface area contributed by atoms with Crippen molar-refractivity contribution >= 4 is 15.9 Å². The summed E-state index contributed by atoms with van der Waals surface area (Å²) in [4.78, 5) is 16.3. The predicted molar refractivity (Wildman–Crippen MR) is 108 cm³/mol. The Hall–Kier alpha value is -2.26. The SMILES string of the molecule is O=C(C[NH+]1CCOCC1)N1CCN(S(=O)(=O)c2ccccc2)[C@H]1c1ccccc1. The van der Waals surface area contributed by atoms with Crippen LogP contribution < -0.4 is 4.90 Å². The molecular formula is C21H26N3O4S+. The van der Waals surface area contributed by atoms with Crippen molar-refractivity contribution in [1.82, 2.24) is 9.21 Å². The zero-order valence-electron chi connectivity index (χ0n) is 16.2. The summed E-state index contributed by atoms with van der Waals surface area (Å²) in [6.07, 6.45) is -0.630. The van der Waals surface area contributed by atoms with Crippen molar-refractivity contribution in [3.05, 3.63) is 66.2 Å². The van der Waals surface area contributed by atoms with E-state index in [2.05, 4.69) is 0 Å². The Morgan fingerprint density at radius 3 is 2.24 bits per heavy atom. The van der Waals surface area contributed by atoms with Crippen LogP contribution in [-0.2, 0) is 19.6 Å². The molecule has 2 aromatic rings. The van der Waals surface area contributed by atoms with Gasteiger partial charge in [-0.1, -0.05) is 48.5 Å². The van der Waals surface area contributed by atoms with Crippen LogP contribution in [0.5, 0.6) is 0 Å². The lowest BCUT2D eigenvalue weighted by Gasteiger charge is -2.31. The molecule has 0 aliphatic carbocycles. The first kappa shape index (κ1) is 20.0. The standard InChI is InChI=1S/C21H25N3O4S/c25-20(17-22-13-15-28-16-14-22)23-11-12-24(21(23)18-7-3-1-4-8-18)29(26,27)19-9-5-2-6-10-19/h1-10,21H,11-17H2/p+1/t21-/m0/s1. The minimum Gasteiger partial charge on any atom is -0.370 e. The van der Waals surface area contributed by atoms with Crippen molar-refractivity contribution in [2.45, 2.75) is 11.1 Å². The molecule has 8 heteroatoms. The molecule has 7 nitrogen and oxygen atoms in total. The summed E-state index contributed by atoms with van der Waals surface area (Å²) in [6, 6.07) is 17.8. The van der Waals surface area contributed by atoms with Gasteiger partial charge in [0.1, 0.15) is 19.3 Å². The van der Waals surface area contributed by atoms with E-state index in [1.807, 2.05) is 30.3 Å². The van der Waals surface area contributed by atoms with E-state index in [1.54, 1.807) is 35.2 Å². The first-order valence-electron chi connectivity index (χ1n) is 9.90. The van der Waals surface area contributed by atoms with E-state index in [0.29, 0.717) is 26.3 Å². The van der Waals surface area contributed by atoms with Crippen LogP contribution in [0.15, 0.2) is 65.6 Å².